The number of carbonyl (C=O) groups excluding carboxylic acids is 1. The highest BCUT2D eigenvalue weighted by Gasteiger charge is 2.48. The molecule has 98 valence electrons. The molecule has 0 aliphatic carbocycles. The Balaban J connectivity index is 2.66. The summed E-state index contributed by atoms with van der Waals surface area (Å²) < 4.78 is 40.7. The number of thioether (sulfide) groups is 1. The highest BCUT2D eigenvalue weighted by molar-refractivity contribution is 8.00. The zero-order valence-corrected chi connectivity index (χ0v) is 9.57. The van der Waals surface area contributed by atoms with Crippen molar-refractivity contribution in [2.45, 2.75) is 18.3 Å². The zero-order chi connectivity index (χ0) is 13.1. The van der Waals surface area contributed by atoms with Crippen molar-refractivity contribution < 1.29 is 32.6 Å². The summed E-state index contributed by atoms with van der Waals surface area (Å²) in [6.45, 7) is -0.222. The first-order chi connectivity index (χ1) is 7.78. The molecule has 0 amide bonds. The monoisotopic (exact) mass is 272 g/mol. The minimum atomic E-state index is -4.42. The molecule has 0 saturated carbocycles. The molecule has 8 heteroatoms. The van der Waals surface area contributed by atoms with Gasteiger partial charge in [-0.25, -0.2) is 0 Å². The molecule has 17 heavy (non-hydrogen) atoms. The van der Waals surface area contributed by atoms with Crippen molar-refractivity contribution in [3.05, 3.63) is 0 Å². The molecule has 0 radical (unpaired) electrons. The predicted octanol–water partition coefficient (Wildman–Crippen LogP) is 1.69. The van der Waals surface area contributed by atoms with Gasteiger partial charge in [0.1, 0.15) is 5.41 Å². The van der Waals surface area contributed by atoms with Gasteiger partial charge in [-0.05, 0) is 6.42 Å². The predicted molar refractivity (Wildman–Crippen MR) is 53.6 cm³/mol. The van der Waals surface area contributed by atoms with Gasteiger partial charge in [0.25, 0.3) is 0 Å². The number of halogens is 3. The van der Waals surface area contributed by atoms with Gasteiger partial charge < -0.3 is 9.84 Å². The fraction of sp³-hybridized carbons (Fsp3) is 0.778. The van der Waals surface area contributed by atoms with E-state index in [1.165, 1.54) is 0 Å². The maximum absolute atomic E-state index is 11.9. The van der Waals surface area contributed by atoms with Crippen LogP contribution in [0.4, 0.5) is 13.2 Å². The molecule has 1 aliphatic heterocycles. The molecule has 1 N–H and O–H groups in total. The second-order valence-electron chi connectivity index (χ2n) is 3.66. The maximum atomic E-state index is 11.9. The lowest BCUT2D eigenvalue weighted by Crippen LogP contribution is -2.47. The second-order valence-corrected chi connectivity index (χ2v) is 4.82. The second kappa shape index (κ2) is 5.26. The van der Waals surface area contributed by atoms with E-state index in [4.69, 9.17) is 9.84 Å². The standard InChI is InChI=1S/C9H11F3O4S/c10-9(11,12)17-4-2-8(7(14)15)5-16-3-1-6(8)13/h1-5H2,(H,14,15). The van der Waals surface area contributed by atoms with Gasteiger partial charge in [-0.1, -0.05) is 11.8 Å². The largest absolute Gasteiger partial charge is 0.480 e. The van der Waals surface area contributed by atoms with E-state index < -0.39 is 28.4 Å². The number of rotatable bonds is 4. The number of aliphatic carboxylic acids is 1. The maximum Gasteiger partial charge on any atom is 0.441 e. The first-order valence-electron chi connectivity index (χ1n) is 4.83. The van der Waals surface area contributed by atoms with Crippen molar-refractivity contribution in [2.24, 2.45) is 5.41 Å². The van der Waals surface area contributed by atoms with Crippen molar-refractivity contribution in [3.63, 3.8) is 0 Å². The van der Waals surface area contributed by atoms with E-state index in [0.29, 0.717) is 0 Å². The lowest BCUT2D eigenvalue weighted by atomic mass is 9.79. The van der Waals surface area contributed by atoms with Crippen molar-refractivity contribution in [2.75, 3.05) is 19.0 Å². The molecule has 1 unspecified atom stereocenters. The molecule has 1 aliphatic rings. The van der Waals surface area contributed by atoms with Crippen LogP contribution in [0.2, 0.25) is 0 Å². The highest BCUT2D eigenvalue weighted by atomic mass is 32.2. The van der Waals surface area contributed by atoms with Gasteiger partial charge in [-0.3, -0.25) is 9.59 Å². The van der Waals surface area contributed by atoms with Crippen LogP contribution in [-0.4, -0.2) is 41.3 Å². The van der Waals surface area contributed by atoms with Crippen LogP contribution in [0.1, 0.15) is 12.8 Å². The van der Waals surface area contributed by atoms with Crippen molar-refractivity contribution in [1.29, 1.82) is 0 Å². The molecule has 4 nitrogen and oxygen atoms in total. The summed E-state index contributed by atoms with van der Waals surface area (Å²) in [7, 11) is 0. The average Bonchev–Trinajstić information content (AvgIpc) is 2.18. The van der Waals surface area contributed by atoms with Crippen LogP contribution in [0.25, 0.3) is 0 Å². The number of alkyl halides is 3. The Morgan fingerprint density at radius 3 is 2.65 bits per heavy atom. The van der Waals surface area contributed by atoms with Gasteiger partial charge >= 0.3 is 11.5 Å². The molecule has 1 rings (SSSR count). The quantitative estimate of drug-likeness (QED) is 0.789. The fourth-order valence-electron chi connectivity index (χ4n) is 1.57. The Kier molecular flexibility index (Phi) is 4.42. The molecule has 0 aromatic rings. The number of carboxylic acids is 1. The van der Waals surface area contributed by atoms with E-state index in [-0.39, 0.29) is 37.8 Å². The van der Waals surface area contributed by atoms with Gasteiger partial charge in [0.2, 0.25) is 0 Å². The Morgan fingerprint density at radius 1 is 1.53 bits per heavy atom. The van der Waals surface area contributed by atoms with Crippen LogP contribution in [0.3, 0.4) is 0 Å². The van der Waals surface area contributed by atoms with Crippen LogP contribution < -0.4 is 0 Å². The summed E-state index contributed by atoms with van der Waals surface area (Å²) in [6.07, 6.45) is -0.436. The molecule has 0 aromatic heterocycles. The number of hydrogen-bond acceptors (Lipinski definition) is 4. The summed E-state index contributed by atoms with van der Waals surface area (Å²) >= 11 is -0.326. The SMILES string of the molecule is O=C(O)C1(CCSC(F)(F)F)COCCC1=O. The summed E-state index contributed by atoms with van der Waals surface area (Å²) in [5, 5.41) is 9.00. The Hall–Kier alpha value is -0.760. The third-order valence-electron chi connectivity index (χ3n) is 2.56. The minimum Gasteiger partial charge on any atom is -0.480 e. The molecule has 0 bridgehead atoms. The third-order valence-corrected chi connectivity index (χ3v) is 3.30. The summed E-state index contributed by atoms with van der Waals surface area (Å²) in [5.41, 5.74) is -6.23. The topological polar surface area (TPSA) is 63.6 Å². The minimum absolute atomic E-state index is 0.0665. The lowest BCUT2D eigenvalue weighted by molar-refractivity contribution is -0.164. The molecule has 1 atom stereocenters. The van der Waals surface area contributed by atoms with E-state index in [1.807, 2.05) is 0 Å². The van der Waals surface area contributed by atoms with Gasteiger partial charge in [0.15, 0.2) is 5.78 Å². The summed E-state index contributed by atoms with van der Waals surface area (Å²) in [6, 6.07) is 0. The van der Waals surface area contributed by atoms with E-state index in [9.17, 15) is 22.8 Å². The van der Waals surface area contributed by atoms with Crippen molar-refractivity contribution in [1.82, 2.24) is 0 Å². The molecule has 1 fully saturated rings. The molecule has 0 spiro atoms. The lowest BCUT2D eigenvalue weighted by Gasteiger charge is -2.31. The van der Waals surface area contributed by atoms with Crippen molar-refractivity contribution >= 4 is 23.5 Å². The summed E-state index contributed by atoms with van der Waals surface area (Å²) in [4.78, 5) is 22.6. The molecule has 1 heterocycles. The van der Waals surface area contributed by atoms with Crippen LogP contribution in [0.15, 0.2) is 0 Å². The van der Waals surface area contributed by atoms with Gasteiger partial charge in [0.05, 0.1) is 13.2 Å². The first-order valence-corrected chi connectivity index (χ1v) is 5.82. The van der Waals surface area contributed by atoms with Gasteiger partial charge in [0, 0.05) is 12.2 Å². The molecule has 0 aromatic carbocycles. The summed E-state index contributed by atoms with van der Waals surface area (Å²) in [5.74, 6) is -2.44. The average molecular weight is 272 g/mol. The van der Waals surface area contributed by atoms with Gasteiger partial charge in [-0.15, -0.1) is 0 Å². The Bertz CT molecular complexity index is 318. The van der Waals surface area contributed by atoms with E-state index in [0.717, 1.165) is 0 Å². The number of hydrogen-bond donors (Lipinski definition) is 1. The Labute approximate surface area is 99.5 Å². The number of ether oxygens (including phenoxy) is 1. The van der Waals surface area contributed by atoms with Gasteiger partial charge in [-0.2, -0.15) is 13.2 Å². The normalized spacial score (nSPS) is 25.9. The molecule has 1 saturated heterocycles. The van der Waals surface area contributed by atoms with E-state index >= 15 is 0 Å². The number of carboxylic acid groups (broad SMARTS) is 1. The van der Waals surface area contributed by atoms with Crippen molar-refractivity contribution in [3.8, 4) is 0 Å². The zero-order valence-electron chi connectivity index (χ0n) is 8.75. The fourth-order valence-corrected chi connectivity index (χ4v) is 2.25. The smallest absolute Gasteiger partial charge is 0.441 e. The number of ketones is 1. The van der Waals surface area contributed by atoms with Crippen LogP contribution in [0, 0.1) is 5.41 Å². The molecular formula is C9H11F3O4S. The highest BCUT2D eigenvalue weighted by Crippen LogP contribution is 2.36. The number of carbonyl (C=O) groups is 2. The Morgan fingerprint density at radius 2 is 2.18 bits per heavy atom. The van der Waals surface area contributed by atoms with E-state index in [1.54, 1.807) is 0 Å². The van der Waals surface area contributed by atoms with E-state index in [2.05, 4.69) is 0 Å². The van der Waals surface area contributed by atoms with Crippen LogP contribution in [-0.2, 0) is 14.3 Å². The first kappa shape index (κ1) is 14.3. The van der Waals surface area contributed by atoms with Crippen LogP contribution >= 0.6 is 11.8 Å². The van der Waals surface area contributed by atoms with Crippen LogP contribution in [0.5, 0.6) is 0 Å². The molecular weight excluding hydrogens is 261 g/mol. The number of Topliss-reactive ketones (excluding diaryl/α,β-unsaturated/α-hetero) is 1. The third kappa shape index (κ3) is 3.60.